The first-order valence-corrected chi connectivity index (χ1v) is 9.99. The minimum absolute atomic E-state index is 0.0216. The molecule has 1 N–H and O–H groups in total. The summed E-state index contributed by atoms with van der Waals surface area (Å²) >= 11 is 0. The molecule has 4 rings (SSSR count). The number of carbonyl (C=O) groups is 1. The molecule has 2 aromatic rings. The van der Waals surface area contributed by atoms with E-state index >= 15 is 0 Å². The fourth-order valence-electron chi connectivity index (χ4n) is 4.17. The molecule has 0 bridgehead atoms. The van der Waals surface area contributed by atoms with Gasteiger partial charge in [-0.2, -0.15) is 0 Å². The Kier molecular flexibility index (Phi) is 5.62. The van der Waals surface area contributed by atoms with Gasteiger partial charge in [-0.1, -0.05) is 30.3 Å². The molecule has 5 heteroatoms. The first-order chi connectivity index (χ1) is 13.6. The molecule has 0 aliphatic heterocycles. The van der Waals surface area contributed by atoms with Crippen molar-refractivity contribution in [3.63, 3.8) is 0 Å². The van der Waals surface area contributed by atoms with Crippen molar-refractivity contribution in [2.45, 2.75) is 56.7 Å². The van der Waals surface area contributed by atoms with Crippen molar-refractivity contribution >= 4 is 5.97 Å². The number of carboxylic acid groups (broad SMARTS) is 1. The van der Waals surface area contributed by atoms with E-state index in [2.05, 4.69) is 0 Å². The second-order valence-corrected chi connectivity index (χ2v) is 7.75. The van der Waals surface area contributed by atoms with Gasteiger partial charge in [0.1, 0.15) is 18.2 Å². The van der Waals surface area contributed by atoms with Crippen LogP contribution in [-0.4, -0.2) is 29.9 Å². The predicted molar refractivity (Wildman–Crippen MR) is 104 cm³/mol. The van der Waals surface area contributed by atoms with Crippen LogP contribution in [0.3, 0.4) is 0 Å². The summed E-state index contributed by atoms with van der Waals surface area (Å²) < 4.78 is 26.0. The molecule has 0 saturated heterocycles. The van der Waals surface area contributed by atoms with Gasteiger partial charge in [0.25, 0.3) is 0 Å². The maximum Gasteiger partial charge on any atom is 0.329 e. The molecule has 2 saturated carbocycles. The number of halogens is 1. The van der Waals surface area contributed by atoms with E-state index in [1.165, 1.54) is 18.9 Å². The van der Waals surface area contributed by atoms with E-state index in [1.54, 1.807) is 12.1 Å². The summed E-state index contributed by atoms with van der Waals surface area (Å²) in [6.45, 7) is -0.255. The van der Waals surface area contributed by atoms with E-state index in [9.17, 15) is 9.18 Å². The molecule has 28 heavy (non-hydrogen) atoms. The van der Waals surface area contributed by atoms with Crippen molar-refractivity contribution in [2.75, 3.05) is 6.61 Å². The summed E-state index contributed by atoms with van der Waals surface area (Å²) in [4.78, 5) is 10.7. The Morgan fingerprint density at radius 1 is 1.07 bits per heavy atom. The van der Waals surface area contributed by atoms with Crippen molar-refractivity contribution in [2.24, 2.45) is 0 Å². The zero-order valence-electron chi connectivity index (χ0n) is 15.8. The fraction of sp³-hybridized carbons (Fsp3) is 0.435. The minimum atomic E-state index is -0.942. The van der Waals surface area contributed by atoms with E-state index < -0.39 is 5.97 Å². The van der Waals surface area contributed by atoms with Crippen LogP contribution in [0.1, 0.15) is 50.0 Å². The third kappa shape index (κ3) is 4.20. The molecule has 4 nitrogen and oxygen atoms in total. The maximum atomic E-state index is 14.2. The smallest absolute Gasteiger partial charge is 0.329 e. The Morgan fingerprint density at radius 3 is 2.54 bits per heavy atom. The van der Waals surface area contributed by atoms with Gasteiger partial charge in [0.2, 0.25) is 0 Å². The number of hydrogen-bond acceptors (Lipinski definition) is 3. The summed E-state index contributed by atoms with van der Waals surface area (Å²) in [6.07, 6.45) is 6.24. The number of hydrogen-bond donors (Lipinski definition) is 1. The average Bonchev–Trinajstić information content (AvgIpc) is 3.14. The predicted octanol–water partition coefficient (Wildman–Crippen LogP) is 5.16. The number of rotatable bonds is 7. The van der Waals surface area contributed by atoms with Crippen molar-refractivity contribution in [3.8, 4) is 16.9 Å². The van der Waals surface area contributed by atoms with Gasteiger partial charge >= 0.3 is 5.97 Å². The maximum absolute atomic E-state index is 14.2. The minimum Gasteiger partial charge on any atom is -0.490 e. The van der Waals surface area contributed by atoms with Crippen molar-refractivity contribution in [1.29, 1.82) is 0 Å². The van der Waals surface area contributed by atoms with Gasteiger partial charge in [-0.3, -0.25) is 0 Å². The van der Waals surface area contributed by atoms with Crippen LogP contribution in [0.5, 0.6) is 5.75 Å². The van der Waals surface area contributed by atoms with Gasteiger partial charge in [0.05, 0.1) is 12.2 Å². The molecule has 0 heterocycles. The van der Waals surface area contributed by atoms with Crippen LogP contribution < -0.4 is 4.74 Å². The topological polar surface area (TPSA) is 55.8 Å². The van der Waals surface area contributed by atoms with Gasteiger partial charge in [-0.05, 0) is 67.7 Å². The Balaban J connectivity index is 1.55. The molecule has 2 aliphatic rings. The first kappa shape index (κ1) is 18.9. The lowest BCUT2D eigenvalue weighted by molar-refractivity contribution is -0.146. The molecule has 0 aromatic heterocycles. The van der Waals surface area contributed by atoms with Crippen molar-refractivity contribution in [1.82, 2.24) is 0 Å². The van der Waals surface area contributed by atoms with E-state index in [-0.39, 0.29) is 30.5 Å². The van der Waals surface area contributed by atoms with Crippen molar-refractivity contribution < 1.29 is 23.8 Å². The third-order valence-corrected chi connectivity index (χ3v) is 5.77. The summed E-state index contributed by atoms with van der Waals surface area (Å²) in [5.41, 5.74) is 2.50. The quantitative estimate of drug-likeness (QED) is 0.716. The highest BCUT2D eigenvalue weighted by Crippen LogP contribution is 2.44. The Morgan fingerprint density at radius 2 is 1.82 bits per heavy atom. The highest BCUT2D eigenvalue weighted by molar-refractivity contribution is 5.68. The molecule has 2 fully saturated rings. The van der Waals surface area contributed by atoms with Crippen LogP contribution in [0.4, 0.5) is 4.39 Å². The SMILES string of the molecule is O=C(O)COC1CC(c2ccc(-c3ccccc3F)cc2OC2CCCC2)C1. The van der Waals surface area contributed by atoms with Gasteiger partial charge in [0.15, 0.2) is 0 Å². The van der Waals surface area contributed by atoms with Gasteiger partial charge in [-0.15, -0.1) is 0 Å². The molecule has 0 radical (unpaired) electrons. The summed E-state index contributed by atoms with van der Waals surface area (Å²) in [5, 5.41) is 8.75. The second-order valence-electron chi connectivity index (χ2n) is 7.75. The molecule has 0 amide bonds. The lowest BCUT2D eigenvalue weighted by Crippen LogP contribution is -2.32. The zero-order chi connectivity index (χ0) is 19.5. The Bertz CT molecular complexity index is 838. The standard InChI is InChI=1S/C23H25FO4/c24-21-8-4-3-7-19(21)15-9-10-20(16-11-18(12-16)27-14-23(25)26)22(13-15)28-17-5-1-2-6-17/h3-4,7-10,13,16-18H,1-2,5-6,11-12,14H2,(H,25,26). The summed E-state index contributed by atoms with van der Waals surface area (Å²) in [6, 6.07) is 12.7. The van der Waals surface area contributed by atoms with Gasteiger partial charge in [0, 0.05) is 5.56 Å². The van der Waals surface area contributed by atoms with Gasteiger partial charge in [-0.25, -0.2) is 9.18 Å². The molecule has 0 spiro atoms. The molecule has 2 aromatic carbocycles. The number of benzene rings is 2. The molecule has 0 atom stereocenters. The normalized spacial score (nSPS) is 22.0. The Labute approximate surface area is 164 Å². The van der Waals surface area contributed by atoms with Crippen LogP contribution in [0.15, 0.2) is 42.5 Å². The monoisotopic (exact) mass is 384 g/mol. The number of ether oxygens (including phenoxy) is 2. The highest BCUT2D eigenvalue weighted by atomic mass is 19.1. The summed E-state index contributed by atoms with van der Waals surface area (Å²) in [5.74, 6) is -0.0741. The molecular formula is C23H25FO4. The molecular weight excluding hydrogens is 359 g/mol. The van der Waals surface area contributed by atoms with Crippen LogP contribution in [0, 0.1) is 5.82 Å². The van der Waals surface area contributed by atoms with Crippen LogP contribution >= 0.6 is 0 Å². The lowest BCUT2D eigenvalue weighted by Gasteiger charge is -2.36. The first-order valence-electron chi connectivity index (χ1n) is 9.99. The van der Waals surface area contributed by atoms with E-state index in [1.807, 2.05) is 24.3 Å². The van der Waals surface area contributed by atoms with Gasteiger partial charge < -0.3 is 14.6 Å². The van der Waals surface area contributed by atoms with Crippen LogP contribution in [-0.2, 0) is 9.53 Å². The third-order valence-electron chi connectivity index (χ3n) is 5.77. The van der Waals surface area contributed by atoms with E-state index in [4.69, 9.17) is 14.6 Å². The fourth-order valence-corrected chi connectivity index (χ4v) is 4.17. The highest BCUT2D eigenvalue weighted by Gasteiger charge is 2.34. The average molecular weight is 384 g/mol. The zero-order valence-corrected chi connectivity index (χ0v) is 15.8. The van der Waals surface area contributed by atoms with Crippen molar-refractivity contribution in [3.05, 3.63) is 53.8 Å². The van der Waals surface area contributed by atoms with E-state index in [0.29, 0.717) is 5.56 Å². The molecule has 0 unspecified atom stereocenters. The number of carboxylic acids is 1. The molecule has 2 aliphatic carbocycles. The number of aliphatic carboxylic acids is 1. The second kappa shape index (κ2) is 8.31. The molecule has 148 valence electrons. The van der Waals surface area contributed by atoms with Crippen LogP contribution in [0.25, 0.3) is 11.1 Å². The van der Waals surface area contributed by atoms with Crippen LogP contribution in [0.2, 0.25) is 0 Å². The van der Waals surface area contributed by atoms with E-state index in [0.717, 1.165) is 42.6 Å². The lowest BCUT2D eigenvalue weighted by atomic mass is 9.76. The summed E-state index contributed by atoms with van der Waals surface area (Å²) in [7, 11) is 0. The Hall–Kier alpha value is -2.40. The largest absolute Gasteiger partial charge is 0.490 e.